The van der Waals surface area contributed by atoms with Crippen LogP contribution in [0.15, 0.2) is 47.4 Å². The molecule has 0 atom stereocenters. The van der Waals surface area contributed by atoms with E-state index in [2.05, 4.69) is 9.46 Å². The maximum atomic E-state index is 12.4. The summed E-state index contributed by atoms with van der Waals surface area (Å²) in [4.78, 5) is -0.346. The summed E-state index contributed by atoms with van der Waals surface area (Å²) in [6.45, 7) is 0.841. The van der Waals surface area contributed by atoms with Crippen LogP contribution in [-0.2, 0) is 10.0 Å². The minimum absolute atomic E-state index is 0.0155. The number of hydrogen-bond acceptors (Lipinski definition) is 4. The van der Waals surface area contributed by atoms with Gasteiger partial charge in [0.1, 0.15) is 23.0 Å². The summed E-state index contributed by atoms with van der Waals surface area (Å²) in [6, 6.07) is 10.9. The van der Waals surface area contributed by atoms with Crippen molar-refractivity contribution in [3.05, 3.63) is 53.6 Å². The number of aryl methyl sites for hydroxylation is 2. The molecule has 0 aliphatic rings. The normalized spacial score (nSPS) is 11.6. The quantitative estimate of drug-likeness (QED) is 0.724. The molecule has 0 saturated carbocycles. The highest BCUT2D eigenvalue weighted by molar-refractivity contribution is 7.89. The first-order chi connectivity index (χ1) is 11.8. The summed E-state index contributed by atoms with van der Waals surface area (Å²) in [6.07, 6.45) is 0. The van der Waals surface area contributed by atoms with Gasteiger partial charge >= 0.3 is 6.61 Å². The summed E-state index contributed by atoms with van der Waals surface area (Å²) >= 11 is 0. The van der Waals surface area contributed by atoms with Gasteiger partial charge in [0.25, 0.3) is 0 Å². The Balaban J connectivity index is 1.98. The molecule has 25 heavy (non-hydrogen) atoms. The van der Waals surface area contributed by atoms with Gasteiger partial charge in [0.15, 0.2) is 0 Å². The standard InChI is InChI=1S/C17H19F2NO4S/c1-12-9-13(2)11-14(10-12)23-8-7-20-25(21,22)16-6-4-3-5-15(16)24-17(18)19/h3-6,9-11,17,20H,7-8H2,1-2H3. The second kappa shape index (κ2) is 8.26. The Labute approximate surface area is 145 Å². The maximum absolute atomic E-state index is 12.4. The molecular formula is C17H19F2NO4S. The number of para-hydroxylation sites is 1. The fourth-order valence-corrected chi connectivity index (χ4v) is 3.45. The molecule has 0 fully saturated rings. The Morgan fingerprint density at radius 2 is 1.72 bits per heavy atom. The molecule has 136 valence electrons. The highest BCUT2D eigenvalue weighted by atomic mass is 32.2. The van der Waals surface area contributed by atoms with E-state index in [4.69, 9.17) is 4.74 Å². The summed E-state index contributed by atoms with van der Waals surface area (Å²) < 4.78 is 61.4. The average molecular weight is 371 g/mol. The van der Waals surface area contributed by atoms with E-state index in [1.54, 1.807) is 0 Å². The average Bonchev–Trinajstić information content (AvgIpc) is 2.50. The summed E-state index contributed by atoms with van der Waals surface area (Å²) in [5, 5.41) is 0. The molecule has 2 aromatic carbocycles. The van der Waals surface area contributed by atoms with Crippen LogP contribution >= 0.6 is 0 Å². The van der Waals surface area contributed by atoms with Crippen LogP contribution in [-0.4, -0.2) is 28.2 Å². The first-order valence-electron chi connectivity index (χ1n) is 7.52. The van der Waals surface area contributed by atoms with Gasteiger partial charge < -0.3 is 9.47 Å². The summed E-state index contributed by atoms with van der Waals surface area (Å²) in [5.74, 6) is 0.235. The number of rotatable bonds is 8. The van der Waals surface area contributed by atoms with Gasteiger partial charge in [-0.25, -0.2) is 13.1 Å². The molecule has 0 heterocycles. The monoisotopic (exact) mass is 371 g/mol. The third-order valence-corrected chi connectivity index (χ3v) is 4.71. The lowest BCUT2D eigenvalue weighted by molar-refractivity contribution is -0.0517. The fourth-order valence-electron chi connectivity index (χ4n) is 2.30. The van der Waals surface area contributed by atoms with Gasteiger partial charge in [-0.3, -0.25) is 0 Å². The van der Waals surface area contributed by atoms with E-state index in [-0.39, 0.29) is 18.0 Å². The van der Waals surface area contributed by atoms with Crippen molar-refractivity contribution in [2.45, 2.75) is 25.4 Å². The van der Waals surface area contributed by atoms with Crippen molar-refractivity contribution < 1.29 is 26.7 Å². The molecule has 0 aliphatic heterocycles. The molecule has 0 spiro atoms. The predicted molar refractivity (Wildman–Crippen MR) is 89.7 cm³/mol. The van der Waals surface area contributed by atoms with Gasteiger partial charge in [-0.05, 0) is 49.2 Å². The number of nitrogens with one attached hydrogen (secondary N) is 1. The maximum Gasteiger partial charge on any atom is 0.387 e. The Morgan fingerprint density at radius 1 is 1.08 bits per heavy atom. The van der Waals surface area contributed by atoms with E-state index in [1.165, 1.54) is 24.3 Å². The van der Waals surface area contributed by atoms with Crippen LogP contribution < -0.4 is 14.2 Å². The number of halogens is 2. The number of benzene rings is 2. The molecule has 2 rings (SSSR count). The third kappa shape index (κ3) is 5.68. The van der Waals surface area contributed by atoms with Crippen molar-refractivity contribution in [3.8, 4) is 11.5 Å². The number of alkyl halides is 2. The van der Waals surface area contributed by atoms with E-state index >= 15 is 0 Å². The van der Waals surface area contributed by atoms with Gasteiger partial charge in [0.05, 0.1) is 0 Å². The first-order valence-corrected chi connectivity index (χ1v) is 9.01. The van der Waals surface area contributed by atoms with Crippen LogP contribution in [0.2, 0.25) is 0 Å². The Bertz CT molecular complexity index is 805. The van der Waals surface area contributed by atoms with Gasteiger partial charge in [-0.15, -0.1) is 0 Å². The van der Waals surface area contributed by atoms with Crippen LogP contribution in [0.25, 0.3) is 0 Å². The number of sulfonamides is 1. The van der Waals surface area contributed by atoms with Crippen molar-refractivity contribution in [2.75, 3.05) is 13.2 Å². The molecule has 0 radical (unpaired) electrons. The Kier molecular flexibility index (Phi) is 6.33. The SMILES string of the molecule is Cc1cc(C)cc(OCCNS(=O)(=O)c2ccccc2OC(F)F)c1. The highest BCUT2D eigenvalue weighted by Gasteiger charge is 2.20. The lowest BCUT2D eigenvalue weighted by Crippen LogP contribution is -2.28. The fraction of sp³-hybridized carbons (Fsp3) is 0.294. The molecule has 0 unspecified atom stereocenters. The van der Waals surface area contributed by atoms with Crippen molar-refractivity contribution in [2.24, 2.45) is 0 Å². The summed E-state index contributed by atoms with van der Waals surface area (Å²) in [5.41, 5.74) is 2.07. The molecule has 0 bridgehead atoms. The molecule has 8 heteroatoms. The molecule has 0 aromatic heterocycles. The number of hydrogen-bond donors (Lipinski definition) is 1. The minimum atomic E-state index is -4.00. The van der Waals surface area contributed by atoms with Crippen LogP contribution in [0.1, 0.15) is 11.1 Å². The van der Waals surface area contributed by atoms with E-state index in [1.807, 2.05) is 32.0 Å². The summed E-state index contributed by atoms with van der Waals surface area (Å²) in [7, 11) is -4.00. The smallest absolute Gasteiger partial charge is 0.387 e. The van der Waals surface area contributed by atoms with Crippen LogP contribution in [0.5, 0.6) is 11.5 Å². The highest BCUT2D eigenvalue weighted by Crippen LogP contribution is 2.24. The molecule has 5 nitrogen and oxygen atoms in total. The van der Waals surface area contributed by atoms with Gasteiger partial charge in [-0.1, -0.05) is 18.2 Å². The molecule has 0 saturated heterocycles. The molecular weight excluding hydrogens is 352 g/mol. The van der Waals surface area contributed by atoms with Gasteiger partial charge in [0, 0.05) is 6.54 Å². The van der Waals surface area contributed by atoms with E-state index < -0.39 is 22.4 Å². The molecule has 0 amide bonds. The third-order valence-electron chi connectivity index (χ3n) is 3.21. The van der Waals surface area contributed by atoms with Crippen molar-refractivity contribution >= 4 is 10.0 Å². The zero-order valence-corrected chi connectivity index (χ0v) is 14.6. The van der Waals surface area contributed by atoms with Crippen molar-refractivity contribution in [1.29, 1.82) is 0 Å². The first kappa shape index (κ1) is 19.1. The van der Waals surface area contributed by atoms with Gasteiger partial charge in [0.2, 0.25) is 10.0 Å². The van der Waals surface area contributed by atoms with Gasteiger partial charge in [-0.2, -0.15) is 8.78 Å². The largest absolute Gasteiger partial charge is 0.492 e. The van der Waals surface area contributed by atoms with E-state index in [0.29, 0.717) is 5.75 Å². The lowest BCUT2D eigenvalue weighted by atomic mass is 10.1. The Hall–Kier alpha value is -2.19. The minimum Gasteiger partial charge on any atom is -0.492 e. The predicted octanol–water partition coefficient (Wildman–Crippen LogP) is 3.26. The second-order valence-electron chi connectivity index (χ2n) is 5.39. The van der Waals surface area contributed by atoms with E-state index in [9.17, 15) is 17.2 Å². The van der Waals surface area contributed by atoms with Crippen molar-refractivity contribution in [3.63, 3.8) is 0 Å². The van der Waals surface area contributed by atoms with Crippen LogP contribution in [0, 0.1) is 13.8 Å². The zero-order chi connectivity index (χ0) is 18.4. The van der Waals surface area contributed by atoms with Crippen LogP contribution in [0.3, 0.4) is 0 Å². The Morgan fingerprint density at radius 3 is 2.36 bits per heavy atom. The molecule has 1 N–H and O–H groups in total. The lowest BCUT2D eigenvalue weighted by Gasteiger charge is -2.12. The number of ether oxygens (including phenoxy) is 2. The van der Waals surface area contributed by atoms with E-state index in [0.717, 1.165) is 11.1 Å². The van der Waals surface area contributed by atoms with Crippen LogP contribution in [0.4, 0.5) is 8.78 Å². The second-order valence-corrected chi connectivity index (χ2v) is 7.13. The molecule has 2 aromatic rings. The zero-order valence-electron chi connectivity index (χ0n) is 13.8. The van der Waals surface area contributed by atoms with Crippen molar-refractivity contribution in [1.82, 2.24) is 4.72 Å². The molecule has 0 aliphatic carbocycles. The topological polar surface area (TPSA) is 64.6 Å².